The average molecular weight is 658 g/mol. The summed E-state index contributed by atoms with van der Waals surface area (Å²) in [5, 5.41) is 9.99. The second kappa shape index (κ2) is 9.56. The summed E-state index contributed by atoms with van der Waals surface area (Å²) in [6.45, 7) is 0. The molecule has 5 heterocycles. The Labute approximate surface area is 287 Å². The van der Waals surface area contributed by atoms with Gasteiger partial charge in [-0.05, 0) is 53.9 Å². The highest BCUT2D eigenvalue weighted by atomic mass is 32.1. The second-order valence-electron chi connectivity index (χ2n) is 12.9. The van der Waals surface area contributed by atoms with Gasteiger partial charge in [0.2, 0.25) is 5.95 Å². The van der Waals surface area contributed by atoms with Gasteiger partial charge in [0.15, 0.2) is 0 Å². The highest BCUT2D eigenvalue weighted by molar-refractivity contribution is 7.26. The van der Waals surface area contributed by atoms with Crippen molar-refractivity contribution in [1.82, 2.24) is 14.5 Å². The normalized spacial score (nSPS) is 12.4. The number of nitrogens with zero attached hydrogens (tertiary/aromatic N) is 3. The predicted molar refractivity (Wildman–Crippen MR) is 207 cm³/mol. The van der Waals surface area contributed by atoms with Crippen molar-refractivity contribution < 1.29 is 8.83 Å². The average Bonchev–Trinajstić information content (AvgIpc) is 3.92. The molecule has 0 unspecified atom stereocenters. The molecule has 12 aromatic rings. The van der Waals surface area contributed by atoms with Gasteiger partial charge in [0.05, 0.1) is 26.9 Å². The Morgan fingerprint density at radius 1 is 0.480 bits per heavy atom. The van der Waals surface area contributed by atoms with Gasteiger partial charge in [-0.2, -0.15) is 0 Å². The van der Waals surface area contributed by atoms with Gasteiger partial charge in [-0.3, -0.25) is 4.57 Å². The van der Waals surface area contributed by atoms with Gasteiger partial charge in [0, 0.05) is 53.4 Å². The smallest absolute Gasteiger partial charge is 0.235 e. The first-order chi connectivity index (χ1) is 24.8. The van der Waals surface area contributed by atoms with E-state index in [0.29, 0.717) is 5.95 Å². The van der Waals surface area contributed by atoms with Gasteiger partial charge in [-0.1, -0.05) is 91.0 Å². The van der Waals surface area contributed by atoms with E-state index < -0.39 is 0 Å². The number of fused-ring (bicyclic) bond motifs is 14. The summed E-state index contributed by atoms with van der Waals surface area (Å²) < 4.78 is 17.5. The van der Waals surface area contributed by atoms with E-state index in [1.165, 1.54) is 4.70 Å². The predicted octanol–water partition coefficient (Wildman–Crippen LogP) is 12.6. The molecule has 232 valence electrons. The maximum absolute atomic E-state index is 6.57. The van der Waals surface area contributed by atoms with Gasteiger partial charge in [-0.25, -0.2) is 9.97 Å². The van der Waals surface area contributed by atoms with Gasteiger partial charge in [0.25, 0.3) is 0 Å². The lowest BCUT2D eigenvalue weighted by Gasteiger charge is -2.11. The SMILES string of the molecule is c1ccc2c(c1)oc1c(-c3nc(-n4c5ccccc5c5cc6c(ccc7c8ccccc8oc67)cc54)nc4c3sc3ccccc34)cccc12. The van der Waals surface area contributed by atoms with E-state index in [9.17, 15) is 0 Å². The van der Waals surface area contributed by atoms with E-state index in [1.807, 2.05) is 24.3 Å². The molecule has 0 radical (unpaired) electrons. The molecule has 5 aromatic heterocycles. The lowest BCUT2D eigenvalue weighted by molar-refractivity contribution is 0.670. The molecule has 0 aliphatic carbocycles. The summed E-state index contributed by atoms with van der Waals surface area (Å²) in [5.41, 5.74) is 8.36. The molecule has 0 fully saturated rings. The Morgan fingerprint density at radius 3 is 2.00 bits per heavy atom. The van der Waals surface area contributed by atoms with E-state index in [-0.39, 0.29) is 0 Å². The summed E-state index contributed by atoms with van der Waals surface area (Å²) in [4.78, 5) is 10.9. The number of aromatic nitrogens is 3. The maximum atomic E-state index is 6.57. The molecule has 6 heteroatoms. The summed E-state index contributed by atoms with van der Waals surface area (Å²) in [6.07, 6.45) is 0. The van der Waals surface area contributed by atoms with E-state index in [4.69, 9.17) is 18.8 Å². The molecule has 0 atom stereocenters. The van der Waals surface area contributed by atoms with Crippen molar-refractivity contribution in [2.45, 2.75) is 0 Å². The first-order valence-electron chi connectivity index (χ1n) is 16.7. The largest absolute Gasteiger partial charge is 0.455 e. The van der Waals surface area contributed by atoms with Crippen molar-refractivity contribution in [3.63, 3.8) is 0 Å². The third-order valence-corrected chi connectivity index (χ3v) is 11.4. The van der Waals surface area contributed by atoms with Gasteiger partial charge in [-0.15, -0.1) is 11.3 Å². The second-order valence-corrected chi connectivity index (χ2v) is 14.0. The third-order valence-electron chi connectivity index (χ3n) is 10.2. The van der Waals surface area contributed by atoms with Gasteiger partial charge < -0.3 is 8.83 Å². The molecule has 0 aliphatic heterocycles. The van der Waals surface area contributed by atoms with Crippen LogP contribution in [0.25, 0.3) is 114 Å². The number of hydrogen-bond acceptors (Lipinski definition) is 5. The fraction of sp³-hybridized carbons (Fsp3) is 0. The number of thiophene rings is 1. The summed E-state index contributed by atoms with van der Waals surface area (Å²) in [5.74, 6) is 0.625. The minimum absolute atomic E-state index is 0.625. The molecule has 0 amide bonds. The number of hydrogen-bond donors (Lipinski definition) is 0. The van der Waals surface area contributed by atoms with Crippen LogP contribution in [-0.4, -0.2) is 14.5 Å². The van der Waals surface area contributed by atoms with Crippen LogP contribution < -0.4 is 0 Å². The van der Waals surface area contributed by atoms with Crippen LogP contribution in [0, 0.1) is 0 Å². The standard InChI is InChI=1S/C44H23N3O2S/c1-5-16-34-25(10-1)33-23-32-24(20-21-29-27-12-3-7-18-37(27)49-42(29)32)22-35(33)47(34)44-45-39-30-13-4-8-19-38(30)50-43(39)40(46-44)31-15-9-14-28-26-11-2-6-17-36(26)48-41(28)31/h1-23H. The summed E-state index contributed by atoms with van der Waals surface area (Å²) in [7, 11) is 0. The topological polar surface area (TPSA) is 57.0 Å². The maximum Gasteiger partial charge on any atom is 0.235 e. The van der Waals surface area contributed by atoms with Crippen molar-refractivity contribution >= 4 is 108 Å². The molecule has 12 rings (SSSR count). The van der Waals surface area contributed by atoms with Crippen molar-refractivity contribution in [3.05, 3.63) is 140 Å². The molecule has 0 aliphatic rings. The molecule has 0 saturated carbocycles. The molecular weight excluding hydrogens is 635 g/mol. The Hall–Kier alpha value is -6.50. The van der Waals surface area contributed by atoms with Crippen molar-refractivity contribution in [3.8, 4) is 17.2 Å². The fourth-order valence-electron chi connectivity index (χ4n) is 7.98. The lowest BCUT2D eigenvalue weighted by atomic mass is 10.0. The molecule has 0 bridgehead atoms. The van der Waals surface area contributed by atoms with Crippen LogP contribution in [0.4, 0.5) is 0 Å². The number of benzene rings is 7. The van der Waals surface area contributed by atoms with E-state index in [2.05, 4.69) is 120 Å². The van der Waals surface area contributed by atoms with Crippen molar-refractivity contribution in [2.24, 2.45) is 0 Å². The molecule has 50 heavy (non-hydrogen) atoms. The van der Waals surface area contributed by atoms with E-state index in [0.717, 1.165) is 103 Å². The zero-order valence-corrected chi connectivity index (χ0v) is 27.2. The Kier molecular flexibility index (Phi) is 5.06. The molecule has 0 spiro atoms. The zero-order chi connectivity index (χ0) is 32.5. The Balaban J connectivity index is 1.21. The van der Waals surface area contributed by atoms with Crippen molar-refractivity contribution in [2.75, 3.05) is 0 Å². The number of furan rings is 2. The monoisotopic (exact) mass is 657 g/mol. The zero-order valence-electron chi connectivity index (χ0n) is 26.3. The van der Waals surface area contributed by atoms with Crippen LogP contribution in [0.1, 0.15) is 0 Å². The molecular formula is C44H23N3O2S. The van der Waals surface area contributed by atoms with Gasteiger partial charge in [0.1, 0.15) is 22.3 Å². The lowest BCUT2D eigenvalue weighted by Crippen LogP contribution is -2.02. The number of rotatable bonds is 2. The van der Waals surface area contributed by atoms with E-state index in [1.54, 1.807) is 11.3 Å². The van der Waals surface area contributed by atoms with Crippen molar-refractivity contribution in [1.29, 1.82) is 0 Å². The van der Waals surface area contributed by atoms with Crippen LogP contribution in [0.15, 0.2) is 148 Å². The Morgan fingerprint density at radius 2 is 1.16 bits per heavy atom. The van der Waals surface area contributed by atoms with Crippen LogP contribution in [0.2, 0.25) is 0 Å². The van der Waals surface area contributed by atoms with Crippen LogP contribution in [-0.2, 0) is 0 Å². The first-order valence-corrected chi connectivity index (χ1v) is 17.5. The highest BCUT2D eigenvalue weighted by Crippen LogP contribution is 2.44. The minimum atomic E-state index is 0.625. The number of para-hydroxylation sites is 4. The minimum Gasteiger partial charge on any atom is -0.455 e. The van der Waals surface area contributed by atoms with Crippen LogP contribution >= 0.6 is 11.3 Å². The van der Waals surface area contributed by atoms with Gasteiger partial charge >= 0.3 is 0 Å². The van der Waals surface area contributed by atoms with E-state index >= 15 is 0 Å². The molecule has 5 nitrogen and oxygen atoms in total. The molecule has 7 aromatic carbocycles. The summed E-state index contributed by atoms with van der Waals surface area (Å²) in [6, 6.07) is 48.8. The van der Waals surface area contributed by atoms with Crippen LogP contribution in [0.5, 0.6) is 0 Å². The third kappa shape index (κ3) is 3.45. The fourth-order valence-corrected chi connectivity index (χ4v) is 9.13. The molecule has 0 saturated heterocycles. The molecule has 0 N–H and O–H groups in total. The highest BCUT2D eigenvalue weighted by Gasteiger charge is 2.23. The van der Waals surface area contributed by atoms with Crippen LogP contribution in [0.3, 0.4) is 0 Å². The quantitative estimate of drug-likeness (QED) is 0.186. The first kappa shape index (κ1) is 26.5. The Bertz CT molecular complexity index is 3400. The summed E-state index contributed by atoms with van der Waals surface area (Å²) >= 11 is 1.73.